The van der Waals surface area contributed by atoms with Crippen molar-refractivity contribution in [2.45, 2.75) is 51.4 Å². The van der Waals surface area contributed by atoms with E-state index in [0.717, 1.165) is 17.1 Å². The maximum absolute atomic E-state index is 14.6. The Bertz CT molecular complexity index is 1140. The van der Waals surface area contributed by atoms with Crippen LogP contribution in [0.1, 0.15) is 33.1 Å². The first-order valence-corrected chi connectivity index (χ1v) is 14.8. The van der Waals surface area contributed by atoms with Crippen molar-refractivity contribution in [2.24, 2.45) is 29.6 Å². The molecule has 0 radical (unpaired) electrons. The van der Waals surface area contributed by atoms with Gasteiger partial charge in [0, 0.05) is 38.7 Å². The van der Waals surface area contributed by atoms with Crippen LogP contribution < -0.4 is 0 Å². The molecule has 206 valence electrons. The number of rotatable bonds is 5. The van der Waals surface area contributed by atoms with Gasteiger partial charge in [0.05, 0.1) is 24.3 Å². The number of likely N-dealkylation sites (tertiary alicyclic amines) is 2. The number of amides is 2. The number of allylic oxidation sites excluding steroid dienone is 4. The van der Waals surface area contributed by atoms with Crippen LogP contribution in [-0.4, -0.2) is 85.0 Å². The van der Waals surface area contributed by atoms with Crippen molar-refractivity contribution >= 4 is 34.2 Å². The molecule has 0 spiro atoms. The van der Waals surface area contributed by atoms with Gasteiger partial charge in [-0.25, -0.2) is 21.5 Å². The summed E-state index contributed by atoms with van der Waals surface area (Å²) in [6, 6.07) is -0.973. The minimum Gasteiger partial charge on any atom is -0.333 e. The molecule has 2 unspecified atom stereocenters. The van der Waals surface area contributed by atoms with E-state index < -0.39 is 40.1 Å². The Hall–Kier alpha value is -1.78. The summed E-state index contributed by atoms with van der Waals surface area (Å²) in [7, 11) is -3.71. The zero-order chi connectivity index (χ0) is 25.9. The molecule has 3 saturated heterocycles. The average molecular weight is 560 g/mol. The lowest BCUT2D eigenvalue weighted by Crippen LogP contribution is -2.43. The van der Waals surface area contributed by atoms with Gasteiger partial charge < -0.3 is 4.90 Å². The summed E-state index contributed by atoms with van der Waals surface area (Å²) in [5.74, 6) is -1.13. The molecule has 0 N–H and O–H groups in total. The van der Waals surface area contributed by atoms with Crippen molar-refractivity contribution in [1.29, 1.82) is 0 Å². The number of fused-ring (bicyclic) bond motifs is 4. The Morgan fingerprint density at radius 1 is 1.27 bits per heavy atom. The number of carbonyl (C=O) groups excluding carboxylic acids is 2. The highest BCUT2D eigenvalue weighted by molar-refractivity contribution is 7.88. The molecular formula is C26H36ClF2N3O4S. The van der Waals surface area contributed by atoms with E-state index >= 15 is 0 Å². The van der Waals surface area contributed by atoms with Crippen LogP contribution in [0.2, 0.25) is 0 Å². The molecule has 2 amide bonds. The van der Waals surface area contributed by atoms with Crippen LogP contribution in [0.3, 0.4) is 0 Å². The molecule has 0 aromatic carbocycles. The lowest BCUT2D eigenvalue weighted by molar-refractivity contribution is -0.131. The Morgan fingerprint density at radius 3 is 2.68 bits per heavy atom. The second-order valence-corrected chi connectivity index (χ2v) is 13.2. The lowest BCUT2D eigenvalue weighted by atomic mass is 9.69. The maximum Gasteiger partial charge on any atom is 0.246 e. The van der Waals surface area contributed by atoms with E-state index in [1.807, 2.05) is 13.8 Å². The normalized spacial score (nSPS) is 35.8. The molecule has 0 saturated carbocycles. The van der Waals surface area contributed by atoms with Gasteiger partial charge in [-0.2, -0.15) is 0 Å². The largest absolute Gasteiger partial charge is 0.333 e. The van der Waals surface area contributed by atoms with E-state index in [4.69, 9.17) is 0 Å². The molecule has 7 nitrogen and oxygen atoms in total. The van der Waals surface area contributed by atoms with Crippen molar-refractivity contribution in [3.05, 3.63) is 35.7 Å². The molecule has 3 heterocycles. The molecule has 0 aromatic rings. The first-order valence-electron chi connectivity index (χ1n) is 12.9. The fourth-order valence-electron chi connectivity index (χ4n) is 7.32. The molecule has 11 heteroatoms. The summed E-state index contributed by atoms with van der Waals surface area (Å²) in [5.41, 5.74) is 0.662. The van der Waals surface area contributed by atoms with Gasteiger partial charge >= 0.3 is 0 Å². The number of hydrogen-bond acceptors (Lipinski definition) is 5. The minimum absolute atomic E-state index is 0. The van der Waals surface area contributed by atoms with Crippen molar-refractivity contribution in [2.75, 3.05) is 32.4 Å². The Kier molecular flexibility index (Phi) is 7.95. The number of nitrogens with zero attached hydrogens (tertiary/aromatic N) is 3. The Labute approximate surface area is 224 Å². The first-order chi connectivity index (χ1) is 17.0. The molecule has 3 aliphatic heterocycles. The SMILES string of the molecule is CC(C)[C@H]1C(=O)N(S(C)(=O)=O)[C@H]2CCN(C(=O)/C=C/CN3CC4[C@H](CC(F)=C5C=CC(F)C[C@H]54)C3)[C@H]12.Cl. The quantitative estimate of drug-likeness (QED) is 0.484. The number of carbonyl (C=O) groups is 2. The highest BCUT2D eigenvalue weighted by atomic mass is 35.5. The Balaban J connectivity index is 0.00000320. The Morgan fingerprint density at radius 2 is 2.00 bits per heavy atom. The van der Waals surface area contributed by atoms with E-state index in [2.05, 4.69) is 4.90 Å². The molecule has 5 aliphatic rings. The van der Waals surface area contributed by atoms with E-state index in [-0.39, 0.29) is 47.8 Å². The second kappa shape index (κ2) is 10.4. The molecule has 37 heavy (non-hydrogen) atoms. The van der Waals surface area contributed by atoms with Gasteiger partial charge in [0.25, 0.3) is 0 Å². The molecule has 7 atom stereocenters. The monoisotopic (exact) mass is 559 g/mol. The van der Waals surface area contributed by atoms with Crippen LogP contribution in [-0.2, 0) is 19.6 Å². The predicted octanol–water partition coefficient (Wildman–Crippen LogP) is 3.10. The number of alkyl halides is 1. The summed E-state index contributed by atoms with van der Waals surface area (Å²) in [5, 5.41) is 0. The van der Waals surface area contributed by atoms with Crippen LogP contribution in [0.5, 0.6) is 0 Å². The molecule has 0 bridgehead atoms. The van der Waals surface area contributed by atoms with E-state index in [1.54, 1.807) is 17.1 Å². The topological polar surface area (TPSA) is 78.0 Å². The summed E-state index contributed by atoms with van der Waals surface area (Å²) in [6.45, 7) is 6.15. The van der Waals surface area contributed by atoms with Gasteiger partial charge in [-0.3, -0.25) is 14.5 Å². The molecule has 0 aromatic heterocycles. The van der Waals surface area contributed by atoms with Crippen LogP contribution in [0.4, 0.5) is 8.78 Å². The number of sulfonamides is 1. The van der Waals surface area contributed by atoms with Gasteiger partial charge in [0.15, 0.2) is 0 Å². The molecular weight excluding hydrogens is 524 g/mol. The summed E-state index contributed by atoms with van der Waals surface area (Å²) in [4.78, 5) is 29.9. The van der Waals surface area contributed by atoms with Crippen molar-refractivity contribution < 1.29 is 26.8 Å². The first kappa shape index (κ1) is 28.2. The highest BCUT2D eigenvalue weighted by Gasteiger charge is 2.58. The maximum atomic E-state index is 14.6. The third-order valence-electron chi connectivity index (χ3n) is 8.78. The molecule has 3 fully saturated rings. The van der Waals surface area contributed by atoms with Crippen molar-refractivity contribution in [3.8, 4) is 0 Å². The van der Waals surface area contributed by atoms with Crippen LogP contribution in [0, 0.1) is 29.6 Å². The second-order valence-electron chi connectivity index (χ2n) is 11.4. The highest BCUT2D eigenvalue weighted by Crippen LogP contribution is 2.48. The summed E-state index contributed by atoms with van der Waals surface area (Å²) in [6.07, 6.45) is 7.56. The van der Waals surface area contributed by atoms with Gasteiger partial charge in [-0.05, 0) is 42.1 Å². The average Bonchev–Trinajstić information content (AvgIpc) is 3.44. The lowest BCUT2D eigenvalue weighted by Gasteiger charge is -2.36. The van der Waals surface area contributed by atoms with Gasteiger partial charge in [0.1, 0.15) is 12.0 Å². The van der Waals surface area contributed by atoms with E-state index in [0.29, 0.717) is 44.5 Å². The molecule has 2 aliphatic carbocycles. The number of hydrogen-bond donors (Lipinski definition) is 0. The predicted molar refractivity (Wildman–Crippen MR) is 139 cm³/mol. The third-order valence-corrected chi connectivity index (χ3v) is 9.94. The zero-order valence-electron chi connectivity index (χ0n) is 21.4. The fourth-order valence-corrected chi connectivity index (χ4v) is 8.49. The zero-order valence-corrected chi connectivity index (χ0v) is 23.1. The smallest absolute Gasteiger partial charge is 0.246 e. The standard InChI is InChI=1S/C26H35F2N3O4S.ClH/c1-15(2)24-25-22(31(26(24)33)36(3,34)35)8-10-30(25)23(32)5-4-9-29-13-16-11-21(28)18-7-6-17(27)12-19(18)20(16)14-29;/h4-7,15-17,19-20,22,24-25H,8-14H2,1-3H3;1H/b5-4+;/t16-,17?,19-,20?,22+,24-,25+;/m1./s1. The van der Waals surface area contributed by atoms with Gasteiger partial charge in [-0.1, -0.05) is 32.1 Å². The summed E-state index contributed by atoms with van der Waals surface area (Å²) >= 11 is 0. The van der Waals surface area contributed by atoms with Crippen molar-refractivity contribution in [3.63, 3.8) is 0 Å². The van der Waals surface area contributed by atoms with E-state index in [9.17, 15) is 26.8 Å². The summed E-state index contributed by atoms with van der Waals surface area (Å²) < 4.78 is 54.3. The number of halogens is 3. The van der Waals surface area contributed by atoms with Gasteiger partial charge in [-0.15, -0.1) is 12.4 Å². The van der Waals surface area contributed by atoms with Crippen LogP contribution in [0.15, 0.2) is 35.7 Å². The van der Waals surface area contributed by atoms with Crippen LogP contribution in [0.25, 0.3) is 0 Å². The van der Waals surface area contributed by atoms with Crippen LogP contribution >= 0.6 is 12.4 Å². The van der Waals surface area contributed by atoms with Gasteiger partial charge in [0.2, 0.25) is 21.8 Å². The fraction of sp³-hybridized carbons (Fsp3) is 0.692. The van der Waals surface area contributed by atoms with E-state index in [1.165, 1.54) is 12.2 Å². The third kappa shape index (κ3) is 5.01. The minimum atomic E-state index is -3.71. The molecule has 5 rings (SSSR count). The van der Waals surface area contributed by atoms with Crippen molar-refractivity contribution in [1.82, 2.24) is 14.1 Å².